The number of unbranched alkanes of at least 4 members (excludes halogenated alkanes) is 44. The molecule has 0 fully saturated rings. The number of hydrogen-bond acceptors (Lipinski definition) is 6. The molecule has 0 N–H and O–H groups in total. The van der Waals surface area contributed by atoms with E-state index in [2.05, 4.69) is 32.9 Å². The van der Waals surface area contributed by atoms with Crippen molar-refractivity contribution in [3.05, 3.63) is 12.2 Å². The summed E-state index contributed by atoms with van der Waals surface area (Å²) in [5.74, 6) is -0.848. The van der Waals surface area contributed by atoms with E-state index >= 15 is 0 Å². The van der Waals surface area contributed by atoms with Gasteiger partial charge in [0.25, 0.3) is 0 Å². The van der Waals surface area contributed by atoms with Gasteiger partial charge in [0, 0.05) is 19.3 Å². The van der Waals surface area contributed by atoms with Crippen molar-refractivity contribution in [2.24, 2.45) is 0 Å². The Morgan fingerprint density at radius 2 is 0.485 bits per heavy atom. The van der Waals surface area contributed by atoms with Gasteiger partial charge in [-0.3, -0.25) is 14.4 Å². The Bertz CT molecular complexity index is 1060. The molecule has 0 saturated carbocycles. The monoisotopic (exact) mass is 959 g/mol. The Kier molecular flexibility index (Phi) is 56.2. The Morgan fingerprint density at radius 1 is 0.279 bits per heavy atom. The van der Waals surface area contributed by atoms with E-state index in [9.17, 15) is 14.4 Å². The lowest BCUT2D eigenvalue weighted by Gasteiger charge is -2.18. The summed E-state index contributed by atoms with van der Waals surface area (Å²) in [6.45, 7) is 6.69. The lowest BCUT2D eigenvalue weighted by molar-refractivity contribution is -0.167. The predicted octanol–water partition coefficient (Wildman–Crippen LogP) is 20.5. The molecule has 0 aliphatic carbocycles. The van der Waals surface area contributed by atoms with Gasteiger partial charge in [0.2, 0.25) is 0 Å². The molecular formula is C62H118O6. The van der Waals surface area contributed by atoms with Crippen LogP contribution in [0.4, 0.5) is 0 Å². The predicted molar refractivity (Wildman–Crippen MR) is 293 cm³/mol. The van der Waals surface area contributed by atoms with Crippen LogP contribution >= 0.6 is 0 Å². The minimum atomic E-state index is -0.768. The molecule has 0 heterocycles. The summed E-state index contributed by atoms with van der Waals surface area (Å²) >= 11 is 0. The topological polar surface area (TPSA) is 78.9 Å². The zero-order chi connectivity index (χ0) is 49.3. The minimum Gasteiger partial charge on any atom is -0.462 e. The normalized spacial score (nSPS) is 12.0. The molecule has 0 bridgehead atoms. The summed E-state index contributed by atoms with van der Waals surface area (Å²) in [5, 5.41) is 0. The highest BCUT2D eigenvalue weighted by Crippen LogP contribution is 2.18. The maximum absolute atomic E-state index is 12.9. The Labute approximate surface area is 424 Å². The highest BCUT2D eigenvalue weighted by molar-refractivity contribution is 5.71. The molecule has 0 aromatic carbocycles. The van der Waals surface area contributed by atoms with Gasteiger partial charge in [0.05, 0.1) is 0 Å². The second-order valence-electron chi connectivity index (χ2n) is 21.0. The van der Waals surface area contributed by atoms with Gasteiger partial charge < -0.3 is 14.2 Å². The molecule has 0 amide bonds. The summed E-state index contributed by atoms with van der Waals surface area (Å²) in [6.07, 6.45) is 66.4. The molecule has 0 aromatic rings. The van der Waals surface area contributed by atoms with Gasteiger partial charge >= 0.3 is 17.9 Å². The molecule has 68 heavy (non-hydrogen) atoms. The number of hydrogen-bond donors (Lipinski definition) is 0. The van der Waals surface area contributed by atoms with Gasteiger partial charge in [0.15, 0.2) is 6.10 Å². The van der Waals surface area contributed by atoms with Crippen LogP contribution in [-0.4, -0.2) is 37.2 Å². The molecule has 0 saturated heterocycles. The molecule has 1 atom stereocenters. The van der Waals surface area contributed by atoms with Crippen molar-refractivity contribution >= 4 is 17.9 Å². The van der Waals surface area contributed by atoms with Crippen LogP contribution in [0.1, 0.15) is 348 Å². The Hall–Kier alpha value is -1.85. The molecular weight excluding hydrogens is 841 g/mol. The fourth-order valence-electron chi connectivity index (χ4n) is 9.38. The number of esters is 3. The zero-order valence-corrected chi connectivity index (χ0v) is 46.2. The number of ether oxygens (including phenoxy) is 3. The second kappa shape index (κ2) is 57.7. The van der Waals surface area contributed by atoms with Crippen molar-refractivity contribution in [2.45, 2.75) is 354 Å². The van der Waals surface area contributed by atoms with E-state index < -0.39 is 6.10 Å². The fraction of sp³-hybridized carbons (Fsp3) is 0.919. The Balaban J connectivity index is 4.26. The maximum Gasteiger partial charge on any atom is 0.306 e. The summed E-state index contributed by atoms with van der Waals surface area (Å²) in [5.41, 5.74) is 0. The third kappa shape index (κ3) is 55.1. The summed E-state index contributed by atoms with van der Waals surface area (Å²) in [6, 6.07) is 0. The van der Waals surface area contributed by atoms with E-state index in [4.69, 9.17) is 14.2 Å². The van der Waals surface area contributed by atoms with Crippen LogP contribution in [0.15, 0.2) is 12.2 Å². The van der Waals surface area contributed by atoms with Crippen molar-refractivity contribution in [3.63, 3.8) is 0 Å². The smallest absolute Gasteiger partial charge is 0.306 e. The van der Waals surface area contributed by atoms with E-state index in [0.717, 1.165) is 64.2 Å². The standard InChI is InChI=1S/C62H118O6/c1-4-7-10-13-16-19-22-25-27-29-30-31-32-33-35-37-40-43-46-49-52-55-61(64)67-58-59(57-66-60(63)54-51-48-45-42-39-36-24-21-18-15-12-9-6-3)68-62(65)56-53-50-47-44-41-38-34-28-26-23-20-17-14-11-8-5-2/h21,24,59H,4-20,22-23,25-58H2,1-3H3/b24-21-. The van der Waals surface area contributed by atoms with Crippen molar-refractivity contribution in [3.8, 4) is 0 Å². The van der Waals surface area contributed by atoms with Gasteiger partial charge in [-0.1, -0.05) is 296 Å². The summed E-state index contributed by atoms with van der Waals surface area (Å²) in [4.78, 5) is 38.2. The lowest BCUT2D eigenvalue weighted by Crippen LogP contribution is -2.30. The molecule has 0 spiro atoms. The molecule has 0 radical (unpaired) electrons. The lowest BCUT2D eigenvalue weighted by atomic mass is 10.0. The average Bonchev–Trinajstić information content (AvgIpc) is 3.34. The molecule has 6 nitrogen and oxygen atoms in total. The number of rotatable bonds is 57. The van der Waals surface area contributed by atoms with E-state index in [-0.39, 0.29) is 31.1 Å². The maximum atomic E-state index is 12.9. The molecule has 6 heteroatoms. The molecule has 0 aliphatic heterocycles. The Morgan fingerprint density at radius 3 is 0.750 bits per heavy atom. The van der Waals surface area contributed by atoms with Crippen LogP contribution in [0.25, 0.3) is 0 Å². The van der Waals surface area contributed by atoms with Crippen LogP contribution in [0, 0.1) is 0 Å². The highest BCUT2D eigenvalue weighted by Gasteiger charge is 2.19. The molecule has 0 rings (SSSR count). The zero-order valence-electron chi connectivity index (χ0n) is 46.2. The quantitative estimate of drug-likeness (QED) is 0.0262. The largest absolute Gasteiger partial charge is 0.462 e. The van der Waals surface area contributed by atoms with Gasteiger partial charge in [-0.05, 0) is 44.9 Å². The van der Waals surface area contributed by atoms with Crippen molar-refractivity contribution in [1.29, 1.82) is 0 Å². The van der Waals surface area contributed by atoms with Gasteiger partial charge in [-0.2, -0.15) is 0 Å². The van der Waals surface area contributed by atoms with Crippen molar-refractivity contribution < 1.29 is 28.6 Å². The van der Waals surface area contributed by atoms with E-state index in [1.807, 2.05) is 0 Å². The van der Waals surface area contributed by atoms with E-state index in [1.165, 1.54) is 244 Å². The van der Waals surface area contributed by atoms with Crippen molar-refractivity contribution in [2.75, 3.05) is 13.2 Å². The first-order valence-electron chi connectivity index (χ1n) is 30.7. The molecule has 0 aromatic heterocycles. The third-order valence-corrected chi connectivity index (χ3v) is 14.0. The third-order valence-electron chi connectivity index (χ3n) is 14.0. The molecule has 1 unspecified atom stereocenters. The average molecular weight is 960 g/mol. The number of carbonyl (C=O) groups is 3. The summed E-state index contributed by atoms with van der Waals surface area (Å²) in [7, 11) is 0. The molecule has 402 valence electrons. The molecule has 0 aliphatic rings. The van der Waals surface area contributed by atoms with Gasteiger partial charge in [-0.15, -0.1) is 0 Å². The first kappa shape index (κ1) is 66.2. The van der Waals surface area contributed by atoms with Crippen molar-refractivity contribution in [1.82, 2.24) is 0 Å². The van der Waals surface area contributed by atoms with Crippen LogP contribution in [-0.2, 0) is 28.6 Å². The SMILES string of the molecule is CCCCCC/C=C\CCCCCCCC(=O)OCC(COC(=O)CCCCCCCCCCCCCCCCCCCCCCC)OC(=O)CCCCCCCCCCCCCCCCCC. The fourth-order valence-corrected chi connectivity index (χ4v) is 9.38. The number of carbonyl (C=O) groups excluding carboxylic acids is 3. The van der Waals surface area contributed by atoms with E-state index in [0.29, 0.717) is 19.3 Å². The van der Waals surface area contributed by atoms with Gasteiger partial charge in [-0.25, -0.2) is 0 Å². The second-order valence-corrected chi connectivity index (χ2v) is 21.0. The summed E-state index contributed by atoms with van der Waals surface area (Å²) < 4.78 is 16.9. The van der Waals surface area contributed by atoms with E-state index in [1.54, 1.807) is 0 Å². The first-order chi connectivity index (χ1) is 33.5. The first-order valence-corrected chi connectivity index (χ1v) is 30.7. The van der Waals surface area contributed by atoms with Crippen LogP contribution in [0.2, 0.25) is 0 Å². The highest BCUT2D eigenvalue weighted by atomic mass is 16.6. The van der Waals surface area contributed by atoms with Gasteiger partial charge in [0.1, 0.15) is 13.2 Å². The minimum absolute atomic E-state index is 0.0662. The van der Waals surface area contributed by atoms with Crippen LogP contribution in [0.5, 0.6) is 0 Å². The number of allylic oxidation sites excluding steroid dienone is 2. The van der Waals surface area contributed by atoms with Crippen LogP contribution in [0.3, 0.4) is 0 Å². The van der Waals surface area contributed by atoms with Crippen LogP contribution < -0.4 is 0 Å².